The van der Waals surface area contributed by atoms with Crippen LogP contribution in [-0.2, 0) is 12.7 Å². The third kappa shape index (κ3) is 3.95. The van der Waals surface area contributed by atoms with E-state index in [1.54, 1.807) is 0 Å². The standard InChI is InChI=1S/C21H26F3N3O/c22-21(23,24)18-7-3-6-17-19(18)25-14-27(20(17)28)13-10-15-8-11-26(12-9-15)16-4-1-2-5-16/h3,6-7,14-16H,1-2,4-5,8-13H2. The van der Waals surface area contributed by atoms with Crippen LogP contribution in [0.1, 0.15) is 50.5 Å². The molecule has 4 rings (SSSR count). The molecule has 1 aliphatic heterocycles. The zero-order chi connectivity index (χ0) is 19.7. The second-order valence-corrected chi connectivity index (χ2v) is 8.15. The average Bonchev–Trinajstić information content (AvgIpc) is 3.22. The number of piperidine rings is 1. The summed E-state index contributed by atoms with van der Waals surface area (Å²) in [6.45, 7) is 2.75. The smallest absolute Gasteiger partial charge is 0.300 e. The Labute approximate surface area is 162 Å². The van der Waals surface area contributed by atoms with Gasteiger partial charge in [-0.05, 0) is 63.2 Å². The Morgan fingerprint density at radius 3 is 2.46 bits per heavy atom. The fourth-order valence-electron chi connectivity index (χ4n) is 4.78. The summed E-state index contributed by atoms with van der Waals surface area (Å²) < 4.78 is 40.9. The molecule has 0 amide bonds. The Hall–Kier alpha value is -1.89. The summed E-state index contributed by atoms with van der Waals surface area (Å²) in [4.78, 5) is 19.2. The van der Waals surface area contributed by atoms with Crippen LogP contribution in [0.5, 0.6) is 0 Å². The highest BCUT2D eigenvalue weighted by Crippen LogP contribution is 2.33. The summed E-state index contributed by atoms with van der Waals surface area (Å²) in [5.41, 5.74) is -1.51. The van der Waals surface area contributed by atoms with Crippen molar-refractivity contribution in [2.24, 2.45) is 5.92 Å². The van der Waals surface area contributed by atoms with E-state index in [0.29, 0.717) is 12.5 Å². The highest BCUT2D eigenvalue weighted by atomic mass is 19.4. The van der Waals surface area contributed by atoms with Crippen LogP contribution in [0.3, 0.4) is 0 Å². The SMILES string of the molecule is O=c1c2cccc(C(F)(F)F)c2ncn1CCC1CCN(C2CCCC2)CC1. The monoisotopic (exact) mass is 393 g/mol. The summed E-state index contributed by atoms with van der Waals surface area (Å²) in [6.07, 6.45) is 5.22. The number of rotatable bonds is 4. The first kappa shape index (κ1) is 19.4. The quantitative estimate of drug-likeness (QED) is 0.770. The molecule has 2 fully saturated rings. The lowest BCUT2D eigenvalue weighted by atomic mass is 9.92. The van der Waals surface area contributed by atoms with Gasteiger partial charge in [0.05, 0.1) is 22.8 Å². The number of hydrogen-bond donors (Lipinski definition) is 0. The van der Waals surface area contributed by atoms with Crippen LogP contribution < -0.4 is 5.56 Å². The third-order valence-electron chi connectivity index (χ3n) is 6.43. The zero-order valence-corrected chi connectivity index (χ0v) is 15.9. The molecule has 4 nitrogen and oxygen atoms in total. The Morgan fingerprint density at radius 1 is 1.07 bits per heavy atom. The second kappa shape index (κ2) is 7.85. The van der Waals surface area contributed by atoms with Crippen molar-refractivity contribution in [2.75, 3.05) is 13.1 Å². The van der Waals surface area contributed by atoms with E-state index in [1.807, 2.05) is 0 Å². The lowest BCUT2D eigenvalue weighted by Crippen LogP contribution is -2.40. The largest absolute Gasteiger partial charge is 0.418 e. The molecular weight excluding hydrogens is 367 g/mol. The molecule has 0 spiro atoms. The molecule has 1 aliphatic carbocycles. The lowest BCUT2D eigenvalue weighted by molar-refractivity contribution is -0.136. The van der Waals surface area contributed by atoms with Crippen molar-refractivity contribution in [3.8, 4) is 0 Å². The number of aromatic nitrogens is 2. The highest BCUT2D eigenvalue weighted by Gasteiger charge is 2.33. The van der Waals surface area contributed by atoms with Crippen molar-refractivity contribution in [2.45, 2.75) is 63.7 Å². The molecule has 0 atom stereocenters. The zero-order valence-electron chi connectivity index (χ0n) is 15.9. The Bertz CT molecular complexity index is 879. The number of alkyl halides is 3. The summed E-state index contributed by atoms with van der Waals surface area (Å²) in [7, 11) is 0. The summed E-state index contributed by atoms with van der Waals surface area (Å²) in [6, 6.07) is 4.43. The Balaban J connectivity index is 1.42. The van der Waals surface area contributed by atoms with Gasteiger partial charge in [0.25, 0.3) is 5.56 Å². The molecule has 1 aromatic heterocycles. The maximum absolute atomic E-state index is 13.1. The maximum atomic E-state index is 13.1. The van der Waals surface area contributed by atoms with Gasteiger partial charge in [0, 0.05) is 12.6 Å². The fraction of sp³-hybridized carbons (Fsp3) is 0.619. The van der Waals surface area contributed by atoms with Gasteiger partial charge >= 0.3 is 6.18 Å². The summed E-state index contributed by atoms with van der Waals surface area (Å²) in [5, 5.41) is 0.0355. The molecule has 7 heteroatoms. The number of halogens is 3. The van der Waals surface area contributed by atoms with Gasteiger partial charge in [0.15, 0.2) is 0 Å². The summed E-state index contributed by atoms with van der Waals surface area (Å²) in [5.74, 6) is 0.557. The van der Waals surface area contributed by atoms with Crippen molar-refractivity contribution in [1.82, 2.24) is 14.5 Å². The number of nitrogens with zero attached hydrogens (tertiary/aromatic N) is 3. The van der Waals surface area contributed by atoms with E-state index in [4.69, 9.17) is 0 Å². The minimum atomic E-state index is -4.52. The van der Waals surface area contributed by atoms with Crippen LogP contribution in [0.2, 0.25) is 0 Å². The fourth-order valence-corrected chi connectivity index (χ4v) is 4.78. The van der Waals surface area contributed by atoms with Crippen LogP contribution in [0.15, 0.2) is 29.3 Å². The Morgan fingerprint density at radius 2 is 1.79 bits per heavy atom. The number of aryl methyl sites for hydroxylation is 1. The van der Waals surface area contributed by atoms with Gasteiger partial charge in [-0.1, -0.05) is 18.9 Å². The van der Waals surface area contributed by atoms with E-state index in [0.717, 1.165) is 44.5 Å². The van der Waals surface area contributed by atoms with E-state index >= 15 is 0 Å². The second-order valence-electron chi connectivity index (χ2n) is 8.15. The molecule has 2 aromatic rings. The molecule has 1 aromatic carbocycles. The van der Waals surface area contributed by atoms with Gasteiger partial charge in [-0.25, -0.2) is 4.98 Å². The van der Waals surface area contributed by atoms with Gasteiger partial charge in [0.2, 0.25) is 0 Å². The normalized spacial score (nSPS) is 20.2. The maximum Gasteiger partial charge on any atom is 0.418 e. The van der Waals surface area contributed by atoms with Crippen molar-refractivity contribution in [3.63, 3.8) is 0 Å². The van der Waals surface area contributed by atoms with E-state index in [-0.39, 0.29) is 16.5 Å². The minimum absolute atomic E-state index is 0.0355. The van der Waals surface area contributed by atoms with Crippen LogP contribution in [0.25, 0.3) is 10.9 Å². The lowest BCUT2D eigenvalue weighted by Gasteiger charge is -2.36. The number of fused-ring (bicyclic) bond motifs is 1. The van der Waals surface area contributed by atoms with Gasteiger partial charge in [-0.3, -0.25) is 9.36 Å². The van der Waals surface area contributed by atoms with E-state index < -0.39 is 11.7 Å². The predicted octanol–water partition coefficient (Wildman–Crippen LogP) is 4.46. The topological polar surface area (TPSA) is 38.1 Å². The van der Waals surface area contributed by atoms with Crippen LogP contribution >= 0.6 is 0 Å². The van der Waals surface area contributed by atoms with Gasteiger partial charge in [-0.15, -0.1) is 0 Å². The Kier molecular flexibility index (Phi) is 5.45. The highest BCUT2D eigenvalue weighted by molar-refractivity contribution is 5.81. The number of likely N-dealkylation sites (tertiary alicyclic amines) is 1. The number of hydrogen-bond acceptors (Lipinski definition) is 3. The number of para-hydroxylation sites is 1. The molecule has 152 valence electrons. The van der Waals surface area contributed by atoms with Crippen LogP contribution in [-0.4, -0.2) is 33.6 Å². The summed E-state index contributed by atoms with van der Waals surface area (Å²) >= 11 is 0. The molecule has 0 N–H and O–H groups in total. The van der Waals surface area contributed by atoms with Gasteiger partial charge in [0.1, 0.15) is 0 Å². The van der Waals surface area contributed by atoms with Crippen LogP contribution in [0.4, 0.5) is 13.2 Å². The van der Waals surface area contributed by atoms with E-state index in [9.17, 15) is 18.0 Å². The first-order valence-electron chi connectivity index (χ1n) is 10.2. The third-order valence-corrected chi connectivity index (χ3v) is 6.43. The minimum Gasteiger partial charge on any atom is -0.300 e. The molecule has 1 saturated carbocycles. The molecule has 0 bridgehead atoms. The first-order valence-corrected chi connectivity index (χ1v) is 10.2. The van der Waals surface area contributed by atoms with E-state index in [1.165, 1.54) is 48.7 Å². The van der Waals surface area contributed by atoms with Crippen LogP contribution in [0, 0.1) is 5.92 Å². The molecular formula is C21H26F3N3O. The molecule has 0 radical (unpaired) electrons. The van der Waals surface area contributed by atoms with E-state index in [2.05, 4.69) is 9.88 Å². The number of benzene rings is 1. The molecule has 2 aliphatic rings. The van der Waals surface area contributed by atoms with Gasteiger partial charge in [-0.2, -0.15) is 13.2 Å². The van der Waals surface area contributed by atoms with Crippen molar-refractivity contribution in [1.29, 1.82) is 0 Å². The molecule has 2 heterocycles. The molecule has 1 saturated heterocycles. The van der Waals surface area contributed by atoms with Crippen molar-refractivity contribution >= 4 is 10.9 Å². The van der Waals surface area contributed by atoms with Crippen molar-refractivity contribution < 1.29 is 13.2 Å². The molecule has 28 heavy (non-hydrogen) atoms. The average molecular weight is 393 g/mol. The van der Waals surface area contributed by atoms with Crippen molar-refractivity contribution in [3.05, 3.63) is 40.4 Å². The predicted molar refractivity (Wildman–Crippen MR) is 102 cm³/mol. The van der Waals surface area contributed by atoms with Gasteiger partial charge < -0.3 is 4.90 Å². The first-order chi connectivity index (χ1) is 13.4. The molecule has 0 unspecified atom stereocenters.